The van der Waals surface area contributed by atoms with Crippen LogP contribution in [0.1, 0.15) is 30.4 Å². The molecule has 3 rings (SSSR count). The third-order valence-electron chi connectivity index (χ3n) is 2.80. The first kappa shape index (κ1) is 12.8. The number of rotatable bonds is 2. The number of hydrogen-bond donors (Lipinski definition) is 1. The van der Waals surface area contributed by atoms with E-state index >= 15 is 0 Å². The number of thiophene rings is 1. The van der Waals surface area contributed by atoms with E-state index in [4.69, 9.17) is 11.6 Å². The van der Waals surface area contributed by atoms with E-state index in [0.717, 1.165) is 16.3 Å². The van der Waals surface area contributed by atoms with Gasteiger partial charge in [-0.05, 0) is 24.3 Å². The predicted octanol–water partition coefficient (Wildman–Crippen LogP) is 2.34. The van der Waals surface area contributed by atoms with Crippen LogP contribution in [0.25, 0.3) is 0 Å². The van der Waals surface area contributed by atoms with Gasteiger partial charge in [-0.3, -0.25) is 19.8 Å². The molecule has 0 fully saturated rings. The minimum Gasteiger partial charge on any atom is -0.267 e. The molecule has 0 spiro atoms. The van der Waals surface area contributed by atoms with Gasteiger partial charge in [0.05, 0.1) is 20.3 Å². The van der Waals surface area contributed by atoms with E-state index in [0.29, 0.717) is 9.21 Å². The molecule has 1 aromatic heterocycles. The molecule has 7 heteroatoms. The van der Waals surface area contributed by atoms with E-state index in [-0.39, 0.29) is 11.1 Å². The van der Waals surface area contributed by atoms with Crippen LogP contribution < -0.4 is 5.43 Å². The topological polar surface area (TPSA) is 66.5 Å². The predicted molar refractivity (Wildman–Crippen MR) is 73.7 cm³/mol. The van der Waals surface area contributed by atoms with Crippen LogP contribution in [0.2, 0.25) is 4.34 Å². The molecule has 0 aliphatic carbocycles. The average molecular weight is 307 g/mol. The van der Waals surface area contributed by atoms with Crippen molar-refractivity contribution < 1.29 is 14.4 Å². The molecule has 1 aliphatic heterocycles. The lowest BCUT2D eigenvalue weighted by atomic mass is 10.1. The molecule has 1 aromatic carbocycles. The summed E-state index contributed by atoms with van der Waals surface area (Å²) in [5.41, 5.74) is 2.86. The third kappa shape index (κ3) is 1.99. The summed E-state index contributed by atoms with van der Waals surface area (Å²) in [6, 6.07) is 9.51. The van der Waals surface area contributed by atoms with Crippen LogP contribution in [0.5, 0.6) is 0 Å². The van der Waals surface area contributed by atoms with E-state index in [2.05, 4.69) is 5.43 Å². The molecule has 0 unspecified atom stereocenters. The second kappa shape index (κ2) is 4.73. The van der Waals surface area contributed by atoms with Crippen LogP contribution in [0.4, 0.5) is 0 Å². The highest BCUT2D eigenvalue weighted by atomic mass is 35.5. The van der Waals surface area contributed by atoms with Gasteiger partial charge in [-0.1, -0.05) is 23.7 Å². The molecule has 0 radical (unpaired) electrons. The summed E-state index contributed by atoms with van der Waals surface area (Å²) < 4.78 is 0.456. The fourth-order valence-corrected chi connectivity index (χ4v) is 2.82. The Labute approximate surface area is 122 Å². The Balaban J connectivity index is 1.85. The molecular weight excluding hydrogens is 300 g/mol. The third-order valence-corrected chi connectivity index (χ3v) is 4.03. The fourth-order valence-electron chi connectivity index (χ4n) is 1.88. The zero-order valence-corrected chi connectivity index (χ0v) is 11.5. The minimum absolute atomic E-state index is 0.280. The molecule has 1 aliphatic rings. The summed E-state index contributed by atoms with van der Waals surface area (Å²) in [7, 11) is 0. The Hall–Kier alpha value is -2.18. The van der Waals surface area contributed by atoms with Gasteiger partial charge in [-0.25, -0.2) is 0 Å². The normalized spacial score (nSPS) is 13.6. The highest BCUT2D eigenvalue weighted by Crippen LogP contribution is 2.23. The molecule has 0 bridgehead atoms. The van der Waals surface area contributed by atoms with Gasteiger partial charge in [0.15, 0.2) is 0 Å². The first-order valence-corrected chi connectivity index (χ1v) is 6.81. The summed E-state index contributed by atoms with van der Waals surface area (Å²) in [6.07, 6.45) is 0. The number of carbonyl (C=O) groups is 3. The lowest BCUT2D eigenvalue weighted by molar-refractivity contribution is 0.0519. The van der Waals surface area contributed by atoms with E-state index in [1.165, 1.54) is 6.07 Å². The lowest BCUT2D eigenvalue weighted by Gasteiger charge is -2.13. The first-order chi connectivity index (χ1) is 9.58. The van der Waals surface area contributed by atoms with Gasteiger partial charge in [-0.2, -0.15) is 5.01 Å². The summed E-state index contributed by atoms with van der Waals surface area (Å²) in [5, 5.41) is 0.723. The maximum absolute atomic E-state index is 12.0. The second-order valence-electron chi connectivity index (χ2n) is 4.04. The number of benzene rings is 1. The summed E-state index contributed by atoms with van der Waals surface area (Å²) >= 11 is 6.81. The molecule has 2 aromatic rings. The van der Waals surface area contributed by atoms with E-state index in [1.807, 2.05) is 0 Å². The average Bonchev–Trinajstić information content (AvgIpc) is 2.98. The Kier molecular flexibility index (Phi) is 3.04. The minimum atomic E-state index is -0.545. The van der Waals surface area contributed by atoms with Gasteiger partial charge in [0.1, 0.15) is 0 Å². The van der Waals surface area contributed by atoms with Crippen molar-refractivity contribution in [1.29, 1.82) is 0 Å². The van der Waals surface area contributed by atoms with Crippen LogP contribution in [0.15, 0.2) is 36.4 Å². The molecule has 2 heterocycles. The second-order valence-corrected chi connectivity index (χ2v) is 5.75. The van der Waals surface area contributed by atoms with Gasteiger partial charge in [0, 0.05) is 0 Å². The molecule has 20 heavy (non-hydrogen) atoms. The molecule has 0 atom stereocenters. The Morgan fingerprint density at radius 3 is 2.15 bits per heavy atom. The highest BCUT2D eigenvalue weighted by Gasteiger charge is 2.36. The smallest absolute Gasteiger partial charge is 0.267 e. The molecule has 1 N–H and O–H groups in total. The van der Waals surface area contributed by atoms with Crippen molar-refractivity contribution in [1.82, 2.24) is 10.4 Å². The molecule has 3 amide bonds. The molecule has 0 saturated heterocycles. The van der Waals surface area contributed by atoms with Crippen molar-refractivity contribution in [2.24, 2.45) is 0 Å². The Morgan fingerprint density at radius 1 is 1.05 bits per heavy atom. The monoisotopic (exact) mass is 306 g/mol. The quantitative estimate of drug-likeness (QED) is 0.866. The largest absolute Gasteiger partial charge is 0.280 e. The number of carbonyl (C=O) groups excluding carboxylic acids is 3. The lowest BCUT2D eigenvalue weighted by Crippen LogP contribution is -2.45. The van der Waals surface area contributed by atoms with Crippen LogP contribution in [-0.4, -0.2) is 22.7 Å². The van der Waals surface area contributed by atoms with Crippen molar-refractivity contribution in [2.45, 2.75) is 0 Å². The van der Waals surface area contributed by atoms with Gasteiger partial charge in [0.2, 0.25) is 0 Å². The molecule has 0 saturated carbocycles. The van der Waals surface area contributed by atoms with Crippen LogP contribution in [-0.2, 0) is 0 Å². The summed E-state index contributed by atoms with van der Waals surface area (Å²) in [6.45, 7) is 0. The number of amides is 3. The number of fused-ring (bicyclic) bond motifs is 1. The molecule has 5 nitrogen and oxygen atoms in total. The van der Waals surface area contributed by atoms with Gasteiger partial charge in [-0.15, -0.1) is 11.3 Å². The van der Waals surface area contributed by atoms with Crippen molar-refractivity contribution in [3.05, 3.63) is 56.7 Å². The Morgan fingerprint density at radius 2 is 1.65 bits per heavy atom. The summed E-state index contributed by atoms with van der Waals surface area (Å²) in [4.78, 5) is 36.4. The standard InChI is InChI=1S/C13H7ClN2O3S/c14-10-6-5-9(20-10)11(17)15-16-12(18)7-3-1-2-4-8(7)13(16)19/h1-6H,(H,15,17). The SMILES string of the molecule is O=C(NN1C(=O)c2ccccc2C1=O)c1ccc(Cl)s1. The maximum Gasteiger partial charge on any atom is 0.280 e. The van der Waals surface area contributed by atoms with Crippen molar-refractivity contribution >= 4 is 40.7 Å². The number of hydrazine groups is 1. The van der Waals surface area contributed by atoms with Gasteiger partial charge < -0.3 is 0 Å². The van der Waals surface area contributed by atoms with Crippen molar-refractivity contribution in [2.75, 3.05) is 0 Å². The zero-order valence-electron chi connectivity index (χ0n) is 9.92. The summed E-state index contributed by atoms with van der Waals surface area (Å²) in [5.74, 6) is -1.63. The number of imide groups is 1. The van der Waals surface area contributed by atoms with Crippen molar-refractivity contribution in [3.63, 3.8) is 0 Å². The highest BCUT2D eigenvalue weighted by molar-refractivity contribution is 7.18. The molecular formula is C13H7ClN2O3S. The van der Waals surface area contributed by atoms with Crippen LogP contribution in [0, 0.1) is 0 Å². The van der Waals surface area contributed by atoms with E-state index < -0.39 is 17.7 Å². The van der Waals surface area contributed by atoms with E-state index in [9.17, 15) is 14.4 Å². The van der Waals surface area contributed by atoms with E-state index in [1.54, 1.807) is 30.3 Å². The zero-order chi connectivity index (χ0) is 14.3. The van der Waals surface area contributed by atoms with Gasteiger partial charge >= 0.3 is 0 Å². The Bertz CT molecular complexity index is 706. The number of nitrogens with zero attached hydrogens (tertiary/aromatic N) is 1. The van der Waals surface area contributed by atoms with Crippen LogP contribution in [0.3, 0.4) is 0 Å². The number of hydrogen-bond acceptors (Lipinski definition) is 4. The number of nitrogens with one attached hydrogen (secondary N) is 1. The van der Waals surface area contributed by atoms with Crippen LogP contribution >= 0.6 is 22.9 Å². The molecule has 100 valence electrons. The maximum atomic E-state index is 12.0. The number of halogens is 1. The fraction of sp³-hybridized carbons (Fsp3) is 0. The van der Waals surface area contributed by atoms with Crippen molar-refractivity contribution in [3.8, 4) is 0 Å². The van der Waals surface area contributed by atoms with Gasteiger partial charge in [0.25, 0.3) is 17.7 Å². The first-order valence-electron chi connectivity index (χ1n) is 5.62.